The van der Waals surface area contributed by atoms with Crippen molar-refractivity contribution in [3.63, 3.8) is 0 Å². The normalized spacial score (nSPS) is 19.2. The van der Waals surface area contributed by atoms with Crippen LogP contribution in [0.2, 0.25) is 0 Å². The highest BCUT2D eigenvalue weighted by Crippen LogP contribution is 2.41. The van der Waals surface area contributed by atoms with Gasteiger partial charge in [0.05, 0.1) is 11.7 Å². The number of nitrogens with two attached hydrogens (primary N) is 1. The first-order valence-corrected chi connectivity index (χ1v) is 6.92. The van der Waals surface area contributed by atoms with E-state index in [0.29, 0.717) is 13.0 Å². The molecule has 0 fully saturated rings. The van der Waals surface area contributed by atoms with Crippen LogP contribution >= 0.6 is 0 Å². The minimum atomic E-state index is -0.445. The molecule has 106 valence electrons. The Kier molecular flexibility index (Phi) is 4.00. The Hall–Kier alpha value is -0.900. The molecule has 1 unspecified atom stereocenters. The van der Waals surface area contributed by atoms with E-state index in [2.05, 4.69) is 24.3 Å². The molecule has 0 aromatic heterocycles. The summed E-state index contributed by atoms with van der Waals surface area (Å²) in [5.41, 5.74) is 8.09. The Balaban J connectivity index is 2.18. The predicted octanol–water partition coefficient (Wildman–Crippen LogP) is 1.91. The molecule has 3 nitrogen and oxygen atoms in total. The Morgan fingerprint density at radius 3 is 2.26 bits per heavy atom. The molecule has 1 aliphatic carbocycles. The summed E-state index contributed by atoms with van der Waals surface area (Å²) in [6, 6.07) is 8.38. The number of hydrogen-bond donors (Lipinski definition) is 2. The van der Waals surface area contributed by atoms with Crippen LogP contribution in [0.1, 0.15) is 31.4 Å². The lowest BCUT2D eigenvalue weighted by Crippen LogP contribution is -2.46. The summed E-state index contributed by atoms with van der Waals surface area (Å²) in [5, 5.41) is 10.7. The number of aliphatic hydroxyl groups is 1. The van der Waals surface area contributed by atoms with Crippen molar-refractivity contribution in [1.29, 1.82) is 0 Å². The number of hydrogen-bond acceptors (Lipinski definition) is 3. The molecule has 0 aliphatic heterocycles. The van der Waals surface area contributed by atoms with Gasteiger partial charge in [0.1, 0.15) is 0 Å². The van der Waals surface area contributed by atoms with E-state index in [1.165, 1.54) is 11.1 Å². The molecule has 0 radical (unpaired) electrons. The lowest BCUT2D eigenvalue weighted by atomic mass is 9.75. The Morgan fingerprint density at radius 1 is 1.32 bits per heavy atom. The van der Waals surface area contributed by atoms with E-state index in [1.807, 2.05) is 13.8 Å². The van der Waals surface area contributed by atoms with E-state index in [4.69, 9.17) is 10.5 Å². The zero-order valence-corrected chi connectivity index (χ0v) is 12.1. The molecule has 1 atom stereocenters. The van der Waals surface area contributed by atoms with Gasteiger partial charge in [-0.05, 0) is 37.8 Å². The van der Waals surface area contributed by atoms with Crippen LogP contribution in [0.4, 0.5) is 0 Å². The first kappa shape index (κ1) is 14.5. The maximum absolute atomic E-state index is 10.7. The molecule has 0 saturated heterocycles. The summed E-state index contributed by atoms with van der Waals surface area (Å²) < 4.78 is 5.43. The number of rotatable bonds is 5. The number of ether oxygens (including phenoxy) is 1. The van der Waals surface area contributed by atoms with Crippen molar-refractivity contribution in [2.24, 2.45) is 11.1 Å². The molecule has 1 aromatic rings. The van der Waals surface area contributed by atoms with Crippen LogP contribution in [0, 0.1) is 5.41 Å². The molecular weight excluding hydrogens is 238 g/mol. The van der Waals surface area contributed by atoms with E-state index in [0.717, 1.165) is 12.8 Å². The number of aliphatic hydroxyl groups excluding tert-OH is 1. The Labute approximate surface area is 115 Å². The largest absolute Gasteiger partial charge is 0.392 e. The van der Waals surface area contributed by atoms with Crippen LogP contribution in [0.3, 0.4) is 0 Å². The monoisotopic (exact) mass is 263 g/mol. The summed E-state index contributed by atoms with van der Waals surface area (Å²) in [7, 11) is 1.69. The standard InChI is InChI=1S/C16H25NO2/c1-15(2,19-3)10-14(18)16(11-17)8-12-6-4-5-7-13(12)9-16/h4-7,14,18H,8-11,17H2,1-3H3. The molecule has 0 spiro atoms. The van der Waals surface area contributed by atoms with Gasteiger partial charge in [-0.15, -0.1) is 0 Å². The maximum Gasteiger partial charge on any atom is 0.0647 e. The average molecular weight is 263 g/mol. The summed E-state index contributed by atoms with van der Waals surface area (Å²) in [4.78, 5) is 0. The van der Waals surface area contributed by atoms with Gasteiger partial charge in [0.2, 0.25) is 0 Å². The lowest BCUT2D eigenvalue weighted by molar-refractivity contribution is -0.0573. The second-order valence-electron chi connectivity index (χ2n) is 6.37. The van der Waals surface area contributed by atoms with Crippen LogP contribution < -0.4 is 5.73 Å². The summed E-state index contributed by atoms with van der Waals surface area (Å²) in [6.45, 7) is 4.51. The third kappa shape index (κ3) is 2.83. The molecule has 1 aliphatic rings. The third-order valence-electron chi connectivity index (χ3n) is 4.55. The van der Waals surface area contributed by atoms with Crippen molar-refractivity contribution in [2.75, 3.05) is 13.7 Å². The van der Waals surface area contributed by atoms with Gasteiger partial charge < -0.3 is 15.6 Å². The number of methoxy groups -OCH3 is 1. The van der Waals surface area contributed by atoms with Crippen molar-refractivity contribution in [1.82, 2.24) is 0 Å². The van der Waals surface area contributed by atoms with Gasteiger partial charge in [0, 0.05) is 25.5 Å². The second kappa shape index (κ2) is 5.23. The SMILES string of the molecule is COC(C)(C)CC(O)C1(CN)Cc2ccccc2C1. The first-order chi connectivity index (χ1) is 8.92. The minimum Gasteiger partial charge on any atom is -0.392 e. The van der Waals surface area contributed by atoms with Crippen molar-refractivity contribution in [2.45, 2.75) is 44.8 Å². The molecule has 1 aromatic carbocycles. The van der Waals surface area contributed by atoms with Crippen molar-refractivity contribution < 1.29 is 9.84 Å². The third-order valence-corrected chi connectivity index (χ3v) is 4.55. The summed E-state index contributed by atoms with van der Waals surface area (Å²) in [6.07, 6.45) is 1.88. The average Bonchev–Trinajstić information content (AvgIpc) is 2.78. The first-order valence-electron chi connectivity index (χ1n) is 6.92. The molecule has 19 heavy (non-hydrogen) atoms. The predicted molar refractivity (Wildman–Crippen MR) is 77.0 cm³/mol. The molecule has 3 N–H and O–H groups in total. The quantitative estimate of drug-likeness (QED) is 0.853. The van der Waals surface area contributed by atoms with Crippen LogP contribution in [0.25, 0.3) is 0 Å². The van der Waals surface area contributed by atoms with E-state index >= 15 is 0 Å². The molecule has 2 rings (SSSR count). The smallest absolute Gasteiger partial charge is 0.0647 e. The Bertz CT molecular complexity index is 417. The number of benzene rings is 1. The molecule has 0 saturated carbocycles. The fourth-order valence-corrected chi connectivity index (χ4v) is 3.00. The van der Waals surface area contributed by atoms with Crippen LogP contribution in [-0.2, 0) is 17.6 Å². The fraction of sp³-hybridized carbons (Fsp3) is 0.625. The molecule has 3 heteroatoms. The highest BCUT2D eigenvalue weighted by atomic mass is 16.5. The molecule has 0 heterocycles. The fourth-order valence-electron chi connectivity index (χ4n) is 3.00. The summed E-state index contributed by atoms with van der Waals surface area (Å²) in [5.74, 6) is 0. The topological polar surface area (TPSA) is 55.5 Å². The van der Waals surface area contributed by atoms with Crippen LogP contribution in [0.15, 0.2) is 24.3 Å². The van der Waals surface area contributed by atoms with Crippen molar-refractivity contribution in [3.05, 3.63) is 35.4 Å². The zero-order valence-electron chi connectivity index (χ0n) is 12.1. The van der Waals surface area contributed by atoms with Gasteiger partial charge in [-0.1, -0.05) is 24.3 Å². The van der Waals surface area contributed by atoms with Gasteiger partial charge >= 0.3 is 0 Å². The van der Waals surface area contributed by atoms with Gasteiger partial charge in [-0.25, -0.2) is 0 Å². The maximum atomic E-state index is 10.7. The van der Waals surface area contributed by atoms with Gasteiger partial charge in [0.15, 0.2) is 0 Å². The second-order valence-corrected chi connectivity index (χ2v) is 6.37. The molecular formula is C16H25NO2. The van der Waals surface area contributed by atoms with Gasteiger partial charge in [0.25, 0.3) is 0 Å². The van der Waals surface area contributed by atoms with Gasteiger partial charge in [-0.3, -0.25) is 0 Å². The summed E-state index contributed by atoms with van der Waals surface area (Å²) >= 11 is 0. The van der Waals surface area contributed by atoms with Crippen molar-refractivity contribution in [3.8, 4) is 0 Å². The van der Waals surface area contributed by atoms with E-state index in [1.54, 1.807) is 7.11 Å². The van der Waals surface area contributed by atoms with Crippen LogP contribution in [0.5, 0.6) is 0 Å². The minimum absolute atomic E-state index is 0.237. The lowest BCUT2D eigenvalue weighted by Gasteiger charge is -2.37. The molecule has 0 bridgehead atoms. The van der Waals surface area contributed by atoms with Crippen molar-refractivity contribution >= 4 is 0 Å². The number of fused-ring (bicyclic) bond motifs is 1. The zero-order chi connectivity index (χ0) is 14.1. The van der Waals surface area contributed by atoms with E-state index in [9.17, 15) is 5.11 Å². The van der Waals surface area contributed by atoms with E-state index in [-0.39, 0.29) is 11.0 Å². The highest BCUT2D eigenvalue weighted by Gasteiger charge is 2.43. The highest BCUT2D eigenvalue weighted by molar-refractivity contribution is 5.35. The Morgan fingerprint density at radius 2 is 1.84 bits per heavy atom. The van der Waals surface area contributed by atoms with Gasteiger partial charge in [-0.2, -0.15) is 0 Å². The molecule has 0 amide bonds. The van der Waals surface area contributed by atoms with Crippen LogP contribution in [-0.4, -0.2) is 30.5 Å². The van der Waals surface area contributed by atoms with E-state index < -0.39 is 6.10 Å².